The summed E-state index contributed by atoms with van der Waals surface area (Å²) in [6.07, 6.45) is 2.31. The van der Waals surface area contributed by atoms with E-state index in [-0.39, 0.29) is 41.5 Å². The van der Waals surface area contributed by atoms with E-state index in [0.717, 1.165) is 10.9 Å². The number of ketones is 2. The Hall–Kier alpha value is -1.46. The number of benzene rings is 1. The van der Waals surface area contributed by atoms with Gasteiger partial charge < -0.3 is 9.47 Å². The Labute approximate surface area is 143 Å². The van der Waals surface area contributed by atoms with Crippen LogP contribution < -0.4 is 4.74 Å². The highest BCUT2D eigenvalue weighted by Crippen LogP contribution is 2.55. The maximum absolute atomic E-state index is 13.0. The van der Waals surface area contributed by atoms with E-state index in [0.29, 0.717) is 11.3 Å². The second kappa shape index (κ2) is 5.28. The topological polar surface area (TPSA) is 52.6 Å². The molecule has 0 amide bonds. The number of hydrogen-bond donors (Lipinski definition) is 0. The molecule has 1 saturated carbocycles. The molecule has 0 N–H and O–H groups in total. The predicted molar refractivity (Wildman–Crippen MR) is 87.4 cm³/mol. The molecule has 0 spiro atoms. The first-order valence-corrected chi connectivity index (χ1v) is 8.55. The van der Waals surface area contributed by atoms with Crippen molar-refractivity contribution in [2.45, 2.75) is 24.5 Å². The van der Waals surface area contributed by atoms with E-state index in [9.17, 15) is 9.59 Å². The predicted octanol–water partition coefficient (Wildman–Crippen LogP) is 2.90. The Bertz CT molecular complexity index is 713. The minimum absolute atomic E-state index is 0.0179. The van der Waals surface area contributed by atoms with Gasteiger partial charge in [-0.1, -0.05) is 28.1 Å². The zero-order chi connectivity index (χ0) is 16.3. The quantitative estimate of drug-likeness (QED) is 0.601. The first kappa shape index (κ1) is 15.1. The molecule has 23 heavy (non-hydrogen) atoms. The molecule has 120 valence electrons. The zero-order valence-corrected chi connectivity index (χ0v) is 14.3. The number of methoxy groups -OCH3 is 1. The molecule has 2 aliphatic heterocycles. The molecule has 4 nitrogen and oxygen atoms in total. The fraction of sp³-hybridized carbons (Fsp3) is 0.444. The van der Waals surface area contributed by atoms with Crippen LogP contribution in [0.3, 0.4) is 0 Å². The summed E-state index contributed by atoms with van der Waals surface area (Å²) < 4.78 is 12.1. The molecule has 0 aromatic heterocycles. The van der Waals surface area contributed by atoms with Crippen LogP contribution in [0.4, 0.5) is 0 Å². The summed E-state index contributed by atoms with van der Waals surface area (Å²) in [5, 5.41) is 0. The molecule has 2 heterocycles. The number of carbonyl (C=O) groups excluding carboxylic acids is 2. The third-order valence-corrected chi connectivity index (χ3v) is 5.93. The van der Waals surface area contributed by atoms with Gasteiger partial charge in [-0.05, 0) is 18.6 Å². The van der Waals surface area contributed by atoms with Crippen LogP contribution in [0, 0.1) is 17.8 Å². The molecule has 2 saturated heterocycles. The molecular weight excluding hydrogens is 360 g/mol. The molecule has 3 unspecified atom stereocenters. The van der Waals surface area contributed by atoms with Crippen molar-refractivity contribution in [2.75, 3.05) is 7.11 Å². The molecule has 1 aliphatic carbocycles. The van der Waals surface area contributed by atoms with Crippen molar-refractivity contribution in [3.05, 3.63) is 40.9 Å². The molecule has 2 bridgehead atoms. The maximum atomic E-state index is 13.0. The zero-order valence-electron chi connectivity index (χ0n) is 12.7. The number of halogens is 1. The summed E-state index contributed by atoms with van der Waals surface area (Å²) in [7, 11) is 1.55. The van der Waals surface area contributed by atoms with Crippen LogP contribution in [0.25, 0.3) is 0 Å². The Kier molecular flexibility index (Phi) is 3.46. The van der Waals surface area contributed by atoms with Gasteiger partial charge in [-0.3, -0.25) is 9.59 Å². The maximum Gasteiger partial charge on any atom is 0.154 e. The molecule has 4 rings (SSSR count). The number of hydrogen-bond acceptors (Lipinski definition) is 4. The number of rotatable bonds is 3. The Morgan fingerprint density at radius 2 is 2.04 bits per heavy atom. The van der Waals surface area contributed by atoms with Crippen molar-refractivity contribution < 1.29 is 19.1 Å². The fourth-order valence-electron chi connectivity index (χ4n) is 4.46. The lowest BCUT2D eigenvalue weighted by molar-refractivity contribution is -0.127. The molecule has 6 atom stereocenters. The van der Waals surface area contributed by atoms with Gasteiger partial charge in [0.15, 0.2) is 11.6 Å². The average molecular weight is 377 g/mol. The van der Waals surface area contributed by atoms with Gasteiger partial charge in [-0.15, -0.1) is 6.58 Å². The molecular formula is C18H17BrO4. The summed E-state index contributed by atoms with van der Waals surface area (Å²) in [5.41, 5.74) is 0.662. The van der Waals surface area contributed by atoms with Gasteiger partial charge >= 0.3 is 0 Å². The van der Waals surface area contributed by atoms with Gasteiger partial charge in [0.1, 0.15) is 11.7 Å². The SMILES string of the molecule is C=C[C@@H]1CC2OC1[C@H]1C(=O)C(c3ccc(Br)cc3OC)C(=O)[C@@H]21. The van der Waals surface area contributed by atoms with Gasteiger partial charge in [0, 0.05) is 16.0 Å². The monoisotopic (exact) mass is 376 g/mol. The standard InChI is InChI=1S/C18H17BrO4/c1-3-8-6-12-14-15(18(8)23-12)17(21)13(16(14)20)10-5-4-9(19)7-11(10)22-2/h3-5,7-8,12-15,18H,1,6H2,2H3/t8-,12?,13?,14+,15-,18?/m1/s1. The Balaban J connectivity index is 1.74. The van der Waals surface area contributed by atoms with E-state index >= 15 is 0 Å². The highest BCUT2D eigenvalue weighted by atomic mass is 79.9. The fourth-order valence-corrected chi connectivity index (χ4v) is 4.80. The third kappa shape index (κ3) is 1.99. The number of Topliss-reactive ketones (excluding diaryl/α,β-unsaturated/α-hetero) is 2. The summed E-state index contributed by atoms with van der Waals surface area (Å²) in [4.78, 5) is 25.9. The molecule has 3 aliphatic rings. The number of carbonyl (C=O) groups is 2. The minimum Gasteiger partial charge on any atom is -0.496 e. The molecule has 1 aromatic rings. The average Bonchev–Trinajstić information content (AvgIpc) is 3.19. The Morgan fingerprint density at radius 1 is 1.30 bits per heavy atom. The summed E-state index contributed by atoms with van der Waals surface area (Å²) in [6.45, 7) is 3.83. The highest BCUT2D eigenvalue weighted by molar-refractivity contribution is 9.10. The minimum atomic E-state index is -0.731. The summed E-state index contributed by atoms with van der Waals surface area (Å²) in [5.74, 6) is -0.673. The normalized spacial score (nSPS) is 38.0. The van der Waals surface area contributed by atoms with E-state index in [2.05, 4.69) is 22.5 Å². The van der Waals surface area contributed by atoms with Crippen LogP contribution in [0.2, 0.25) is 0 Å². The van der Waals surface area contributed by atoms with Crippen LogP contribution >= 0.6 is 15.9 Å². The lowest BCUT2D eigenvalue weighted by atomic mass is 9.75. The van der Waals surface area contributed by atoms with Crippen molar-refractivity contribution in [3.8, 4) is 5.75 Å². The third-order valence-electron chi connectivity index (χ3n) is 5.44. The van der Waals surface area contributed by atoms with Crippen molar-refractivity contribution in [3.63, 3.8) is 0 Å². The lowest BCUT2D eigenvalue weighted by Gasteiger charge is -2.23. The summed E-state index contributed by atoms with van der Waals surface area (Å²) in [6, 6.07) is 5.43. The van der Waals surface area contributed by atoms with Crippen molar-refractivity contribution in [1.82, 2.24) is 0 Å². The summed E-state index contributed by atoms with van der Waals surface area (Å²) >= 11 is 3.39. The van der Waals surface area contributed by atoms with E-state index in [1.54, 1.807) is 19.2 Å². The molecule has 5 heteroatoms. The van der Waals surface area contributed by atoms with Crippen molar-refractivity contribution in [2.24, 2.45) is 17.8 Å². The van der Waals surface area contributed by atoms with E-state index in [4.69, 9.17) is 9.47 Å². The number of fused-ring (bicyclic) bond motifs is 5. The van der Waals surface area contributed by atoms with Crippen LogP contribution in [-0.4, -0.2) is 30.9 Å². The van der Waals surface area contributed by atoms with Crippen LogP contribution in [0.1, 0.15) is 17.9 Å². The molecule has 0 radical (unpaired) electrons. The first-order valence-electron chi connectivity index (χ1n) is 7.75. The van der Waals surface area contributed by atoms with Gasteiger partial charge in [-0.2, -0.15) is 0 Å². The van der Waals surface area contributed by atoms with Gasteiger partial charge in [-0.25, -0.2) is 0 Å². The van der Waals surface area contributed by atoms with Crippen LogP contribution in [-0.2, 0) is 14.3 Å². The van der Waals surface area contributed by atoms with E-state index in [1.807, 2.05) is 12.1 Å². The van der Waals surface area contributed by atoms with E-state index in [1.165, 1.54) is 0 Å². The molecule has 1 aromatic carbocycles. The lowest BCUT2D eigenvalue weighted by Crippen LogP contribution is -2.34. The van der Waals surface area contributed by atoms with Gasteiger partial charge in [0.05, 0.1) is 31.2 Å². The molecule has 3 fully saturated rings. The second-order valence-electron chi connectivity index (χ2n) is 6.45. The van der Waals surface area contributed by atoms with E-state index < -0.39 is 5.92 Å². The second-order valence-corrected chi connectivity index (χ2v) is 7.37. The van der Waals surface area contributed by atoms with Crippen molar-refractivity contribution >= 4 is 27.5 Å². The van der Waals surface area contributed by atoms with Gasteiger partial charge in [0.2, 0.25) is 0 Å². The van der Waals surface area contributed by atoms with Crippen molar-refractivity contribution in [1.29, 1.82) is 0 Å². The number of ether oxygens (including phenoxy) is 2. The first-order chi connectivity index (χ1) is 11.1. The largest absolute Gasteiger partial charge is 0.496 e. The van der Waals surface area contributed by atoms with Crippen LogP contribution in [0.5, 0.6) is 5.75 Å². The smallest absolute Gasteiger partial charge is 0.154 e. The highest BCUT2D eigenvalue weighted by Gasteiger charge is 2.65. The van der Waals surface area contributed by atoms with Crippen LogP contribution in [0.15, 0.2) is 35.3 Å². The Morgan fingerprint density at radius 3 is 2.74 bits per heavy atom. The van der Waals surface area contributed by atoms with Gasteiger partial charge in [0.25, 0.3) is 0 Å².